The van der Waals surface area contributed by atoms with E-state index >= 15 is 0 Å². The van der Waals surface area contributed by atoms with Gasteiger partial charge in [0.05, 0.1) is 12.1 Å². The molecule has 1 saturated heterocycles. The van der Waals surface area contributed by atoms with E-state index in [0.29, 0.717) is 11.7 Å². The second kappa shape index (κ2) is 9.62. The first-order chi connectivity index (χ1) is 13.1. The molecule has 27 heavy (non-hydrogen) atoms. The van der Waals surface area contributed by atoms with Crippen molar-refractivity contribution >= 4 is 17.3 Å². The Kier molecular flexibility index (Phi) is 6.95. The first kappa shape index (κ1) is 19.5. The standard InChI is InChI=1S/C20H22F2N2O2S/c21-19(22)26-16-10-8-15(9-11-16)18(14-5-2-1-3-6-14)24-20(27)23-13-17-7-4-12-25-17/h1-3,5-6,8-11,17-19H,4,7,12-13H2,(H2,23,24,27)/t17-,18-/m0/s1. The topological polar surface area (TPSA) is 42.5 Å². The molecule has 7 heteroatoms. The zero-order valence-electron chi connectivity index (χ0n) is 14.7. The molecule has 0 bridgehead atoms. The van der Waals surface area contributed by atoms with Crippen molar-refractivity contribution in [1.29, 1.82) is 0 Å². The summed E-state index contributed by atoms with van der Waals surface area (Å²) in [4.78, 5) is 0. The van der Waals surface area contributed by atoms with Crippen LogP contribution in [0.25, 0.3) is 0 Å². The van der Waals surface area contributed by atoms with Crippen LogP contribution in [0.1, 0.15) is 30.0 Å². The molecule has 0 spiro atoms. The third-order valence-corrected chi connectivity index (χ3v) is 4.62. The van der Waals surface area contributed by atoms with Gasteiger partial charge in [-0.15, -0.1) is 0 Å². The minimum Gasteiger partial charge on any atom is -0.435 e. The molecule has 2 aromatic carbocycles. The second-order valence-electron chi connectivity index (χ2n) is 6.28. The number of hydrogen-bond acceptors (Lipinski definition) is 3. The van der Waals surface area contributed by atoms with Crippen LogP contribution < -0.4 is 15.4 Å². The van der Waals surface area contributed by atoms with Crippen molar-refractivity contribution in [3.8, 4) is 5.75 Å². The van der Waals surface area contributed by atoms with Gasteiger partial charge in [0, 0.05) is 13.2 Å². The molecule has 2 atom stereocenters. The SMILES string of the molecule is FC(F)Oc1ccc([C@@H](NC(=S)NC[C@@H]2CCCO2)c2ccccc2)cc1. The Bertz CT molecular complexity index is 723. The van der Waals surface area contributed by atoms with Gasteiger partial charge in [-0.1, -0.05) is 42.5 Å². The quantitative estimate of drug-likeness (QED) is 0.697. The number of ether oxygens (including phenoxy) is 2. The summed E-state index contributed by atoms with van der Waals surface area (Å²) < 4.78 is 34.7. The van der Waals surface area contributed by atoms with Gasteiger partial charge in [-0.3, -0.25) is 0 Å². The molecule has 1 fully saturated rings. The van der Waals surface area contributed by atoms with E-state index in [2.05, 4.69) is 15.4 Å². The highest BCUT2D eigenvalue weighted by molar-refractivity contribution is 7.80. The van der Waals surface area contributed by atoms with Crippen LogP contribution in [0.3, 0.4) is 0 Å². The van der Waals surface area contributed by atoms with Gasteiger partial charge in [0.1, 0.15) is 5.75 Å². The molecule has 0 aromatic heterocycles. The Labute approximate surface area is 162 Å². The number of thiocarbonyl (C=S) groups is 1. The molecule has 144 valence electrons. The number of halogens is 2. The summed E-state index contributed by atoms with van der Waals surface area (Å²) in [5.41, 5.74) is 1.91. The van der Waals surface area contributed by atoms with Gasteiger partial charge in [0.25, 0.3) is 0 Å². The average Bonchev–Trinajstić information content (AvgIpc) is 3.19. The summed E-state index contributed by atoms with van der Waals surface area (Å²) in [5.74, 6) is 0.125. The van der Waals surface area contributed by atoms with Gasteiger partial charge in [0.15, 0.2) is 5.11 Å². The van der Waals surface area contributed by atoms with Crippen molar-refractivity contribution < 1.29 is 18.3 Å². The molecule has 1 heterocycles. The van der Waals surface area contributed by atoms with Crippen molar-refractivity contribution in [1.82, 2.24) is 10.6 Å². The lowest BCUT2D eigenvalue weighted by atomic mass is 9.99. The Balaban J connectivity index is 1.70. The van der Waals surface area contributed by atoms with E-state index in [-0.39, 0.29) is 17.9 Å². The van der Waals surface area contributed by atoms with E-state index < -0.39 is 6.61 Å². The third-order valence-electron chi connectivity index (χ3n) is 4.36. The molecule has 0 saturated carbocycles. The van der Waals surface area contributed by atoms with Crippen LogP contribution in [0.2, 0.25) is 0 Å². The summed E-state index contributed by atoms with van der Waals surface area (Å²) in [6.45, 7) is -1.38. The fourth-order valence-corrected chi connectivity index (χ4v) is 3.24. The van der Waals surface area contributed by atoms with Crippen molar-refractivity contribution in [2.24, 2.45) is 0 Å². The lowest BCUT2D eigenvalue weighted by Crippen LogP contribution is -2.41. The highest BCUT2D eigenvalue weighted by Crippen LogP contribution is 2.25. The maximum absolute atomic E-state index is 12.4. The van der Waals surface area contributed by atoms with Gasteiger partial charge in [-0.05, 0) is 48.3 Å². The van der Waals surface area contributed by atoms with Crippen molar-refractivity contribution in [3.05, 3.63) is 65.7 Å². The van der Waals surface area contributed by atoms with Gasteiger partial charge in [0.2, 0.25) is 0 Å². The van der Waals surface area contributed by atoms with Gasteiger partial charge < -0.3 is 20.1 Å². The smallest absolute Gasteiger partial charge is 0.387 e. The van der Waals surface area contributed by atoms with E-state index in [4.69, 9.17) is 17.0 Å². The zero-order chi connectivity index (χ0) is 19.1. The van der Waals surface area contributed by atoms with Crippen LogP contribution >= 0.6 is 12.2 Å². The van der Waals surface area contributed by atoms with E-state index in [9.17, 15) is 8.78 Å². The molecule has 1 aliphatic heterocycles. The molecule has 1 aliphatic rings. The van der Waals surface area contributed by atoms with E-state index in [0.717, 1.165) is 30.6 Å². The fraction of sp³-hybridized carbons (Fsp3) is 0.350. The summed E-state index contributed by atoms with van der Waals surface area (Å²) in [6, 6.07) is 16.2. The molecule has 2 N–H and O–H groups in total. The van der Waals surface area contributed by atoms with Crippen LogP contribution in [0, 0.1) is 0 Å². The monoisotopic (exact) mass is 392 g/mol. The molecule has 4 nitrogen and oxygen atoms in total. The van der Waals surface area contributed by atoms with Gasteiger partial charge in [-0.2, -0.15) is 8.78 Å². The summed E-state index contributed by atoms with van der Waals surface area (Å²) in [6.07, 6.45) is 2.29. The van der Waals surface area contributed by atoms with Gasteiger partial charge >= 0.3 is 6.61 Å². The lowest BCUT2D eigenvalue weighted by molar-refractivity contribution is -0.0498. The molecule has 2 aromatic rings. The maximum Gasteiger partial charge on any atom is 0.387 e. The highest BCUT2D eigenvalue weighted by atomic mass is 32.1. The van der Waals surface area contributed by atoms with Crippen LogP contribution in [-0.2, 0) is 4.74 Å². The third kappa shape index (κ3) is 5.87. The molecule has 0 amide bonds. The number of rotatable bonds is 7. The highest BCUT2D eigenvalue weighted by Gasteiger charge is 2.18. The number of alkyl halides is 2. The lowest BCUT2D eigenvalue weighted by Gasteiger charge is -2.23. The Hall–Kier alpha value is -2.25. The molecular formula is C20H22F2N2O2S. The average molecular weight is 392 g/mol. The Morgan fingerprint density at radius 1 is 1.11 bits per heavy atom. The van der Waals surface area contributed by atoms with Crippen LogP contribution in [0.15, 0.2) is 54.6 Å². The molecule has 0 radical (unpaired) electrons. The van der Waals surface area contributed by atoms with Crippen LogP contribution in [-0.4, -0.2) is 31.0 Å². The molecule has 0 unspecified atom stereocenters. The maximum atomic E-state index is 12.4. The number of nitrogens with one attached hydrogen (secondary N) is 2. The Morgan fingerprint density at radius 3 is 2.44 bits per heavy atom. The summed E-state index contributed by atoms with van der Waals surface area (Å²) in [7, 11) is 0. The summed E-state index contributed by atoms with van der Waals surface area (Å²) >= 11 is 5.45. The minimum atomic E-state index is -2.84. The first-order valence-electron chi connectivity index (χ1n) is 8.87. The van der Waals surface area contributed by atoms with E-state index in [1.807, 2.05) is 30.3 Å². The minimum absolute atomic E-state index is 0.125. The van der Waals surface area contributed by atoms with Crippen molar-refractivity contribution in [2.75, 3.05) is 13.2 Å². The summed E-state index contributed by atoms with van der Waals surface area (Å²) in [5, 5.41) is 7.03. The second-order valence-corrected chi connectivity index (χ2v) is 6.69. The van der Waals surface area contributed by atoms with Crippen molar-refractivity contribution in [2.45, 2.75) is 31.6 Å². The fourth-order valence-electron chi connectivity index (χ4n) is 3.04. The largest absolute Gasteiger partial charge is 0.435 e. The predicted octanol–water partition coefficient (Wildman–Crippen LogP) is 4.02. The van der Waals surface area contributed by atoms with Crippen LogP contribution in [0.5, 0.6) is 5.75 Å². The van der Waals surface area contributed by atoms with E-state index in [1.54, 1.807) is 12.1 Å². The predicted molar refractivity (Wildman–Crippen MR) is 104 cm³/mol. The molecule has 0 aliphatic carbocycles. The normalized spacial score (nSPS) is 17.5. The molecule has 3 rings (SSSR count). The number of hydrogen-bond donors (Lipinski definition) is 2. The Morgan fingerprint density at radius 2 is 1.81 bits per heavy atom. The van der Waals surface area contributed by atoms with E-state index in [1.165, 1.54) is 12.1 Å². The number of benzene rings is 2. The first-order valence-corrected chi connectivity index (χ1v) is 9.28. The van der Waals surface area contributed by atoms with Gasteiger partial charge in [-0.25, -0.2) is 0 Å². The van der Waals surface area contributed by atoms with Crippen LogP contribution in [0.4, 0.5) is 8.78 Å². The zero-order valence-corrected chi connectivity index (χ0v) is 15.6. The molecular weight excluding hydrogens is 370 g/mol. The van der Waals surface area contributed by atoms with Crippen molar-refractivity contribution in [3.63, 3.8) is 0 Å².